The van der Waals surface area contributed by atoms with Crippen LogP contribution in [0.25, 0.3) is 0 Å². The molecule has 0 saturated carbocycles. The lowest BCUT2D eigenvalue weighted by atomic mass is 10.1. The van der Waals surface area contributed by atoms with Gasteiger partial charge in [0, 0.05) is 6.42 Å². The number of unbranched alkanes of at least 4 members (excludes halogenated alkanes) is 7. The fourth-order valence-electron chi connectivity index (χ4n) is 1.58. The second kappa shape index (κ2) is 13.4. The molecule has 0 aromatic heterocycles. The zero-order valence-electron chi connectivity index (χ0n) is 10.2. The molecule has 0 saturated heterocycles. The summed E-state index contributed by atoms with van der Waals surface area (Å²) in [5, 5.41) is 14.9. The van der Waals surface area contributed by atoms with Crippen molar-refractivity contribution in [1.82, 2.24) is 0 Å². The first-order chi connectivity index (χ1) is 8.27. The lowest BCUT2D eigenvalue weighted by molar-refractivity contribution is -0.623. The van der Waals surface area contributed by atoms with E-state index < -0.39 is 0 Å². The molecule has 6 nitrogen and oxygen atoms in total. The Hall–Kier alpha value is -0.690. The Bertz CT molecular complexity index is 177. The lowest BCUT2D eigenvalue weighted by Crippen LogP contribution is -2.09. The number of primary amides is 1. The molecule has 1 amide bonds. The molecular weight excluding hydrogens is 226 g/mol. The molecule has 0 aliphatic heterocycles. The maximum Gasteiger partial charge on any atom is 0.217 e. The molecule has 0 aliphatic carbocycles. The van der Waals surface area contributed by atoms with Gasteiger partial charge in [-0.05, 0) is 22.9 Å². The van der Waals surface area contributed by atoms with Gasteiger partial charge in [-0.3, -0.25) is 4.79 Å². The van der Waals surface area contributed by atoms with Gasteiger partial charge in [-0.1, -0.05) is 38.5 Å². The summed E-state index contributed by atoms with van der Waals surface area (Å²) in [4.78, 5) is 14.9. The van der Waals surface area contributed by atoms with Gasteiger partial charge in [0.1, 0.15) is 0 Å². The highest BCUT2D eigenvalue weighted by Crippen LogP contribution is 2.09. The Labute approximate surface area is 102 Å². The minimum Gasteiger partial charge on any atom is -0.370 e. The number of hydrogen-bond acceptors (Lipinski definition) is 5. The van der Waals surface area contributed by atoms with Crippen LogP contribution in [0.2, 0.25) is 0 Å². The quantitative estimate of drug-likeness (QED) is 0.297. The van der Waals surface area contributed by atoms with Crippen LogP contribution in [0.1, 0.15) is 57.8 Å². The van der Waals surface area contributed by atoms with Crippen LogP contribution in [0.3, 0.4) is 0 Å². The van der Waals surface area contributed by atoms with Crippen molar-refractivity contribution in [2.45, 2.75) is 57.8 Å². The normalized spacial score (nSPS) is 10.6. The summed E-state index contributed by atoms with van der Waals surface area (Å²) in [5.74, 6) is -0.209. The van der Waals surface area contributed by atoms with Crippen molar-refractivity contribution in [2.24, 2.45) is 5.73 Å². The first kappa shape index (κ1) is 16.3. The highest BCUT2D eigenvalue weighted by Gasteiger charge is 1.95. The van der Waals surface area contributed by atoms with E-state index >= 15 is 0 Å². The summed E-state index contributed by atoms with van der Waals surface area (Å²) >= 11 is 0. The Morgan fingerprint density at radius 1 is 0.941 bits per heavy atom. The predicted octanol–water partition coefficient (Wildman–Crippen LogP) is 2.34. The maximum atomic E-state index is 10.5. The van der Waals surface area contributed by atoms with Crippen molar-refractivity contribution in [2.75, 3.05) is 6.61 Å². The molecule has 0 spiro atoms. The second-order valence-corrected chi connectivity index (χ2v) is 4.01. The fraction of sp³-hybridized carbons (Fsp3) is 0.909. The van der Waals surface area contributed by atoms with Crippen LogP contribution in [-0.4, -0.2) is 17.8 Å². The SMILES string of the molecule is NC(=O)CCCCCCCCCCOOOO. The van der Waals surface area contributed by atoms with E-state index in [9.17, 15) is 4.79 Å². The number of nitrogens with two attached hydrogens (primary N) is 1. The molecule has 0 fully saturated rings. The van der Waals surface area contributed by atoms with E-state index in [1.165, 1.54) is 12.8 Å². The molecule has 0 radical (unpaired) electrons. The Kier molecular flexibility index (Phi) is 12.8. The van der Waals surface area contributed by atoms with Gasteiger partial charge in [-0.25, -0.2) is 10.1 Å². The van der Waals surface area contributed by atoms with E-state index in [2.05, 4.69) is 15.0 Å². The van der Waals surface area contributed by atoms with Gasteiger partial charge >= 0.3 is 0 Å². The largest absolute Gasteiger partial charge is 0.370 e. The van der Waals surface area contributed by atoms with Gasteiger partial charge in [-0.15, -0.1) is 0 Å². The smallest absolute Gasteiger partial charge is 0.217 e. The molecule has 0 heterocycles. The lowest BCUT2D eigenvalue weighted by Gasteiger charge is -2.01. The van der Waals surface area contributed by atoms with Crippen molar-refractivity contribution in [1.29, 1.82) is 0 Å². The van der Waals surface area contributed by atoms with Crippen LogP contribution < -0.4 is 5.73 Å². The average molecular weight is 249 g/mol. The number of rotatable bonds is 13. The summed E-state index contributed by atoms with van der Waals surface area (Å²) in [6.45, 7) is 0.416. The number of hydrogen-bond donors (Lipinski definition) is 2. The summed E-state index contributed by atoms with van der Waals surface area (Å²) in [5.41, 5.74) is 5.04. The summed E-state index contributed by atoms with van der Waals surface area (Å²) < 4.78 is 0. The molecule has 0 aromatic rings. The Balaban J connectivity index is 2.91. The van der Waals surface area contributed by atoms with E-state index in [1.54, 1.807) is 0 Å². The average Bonchev–Trinajstić information content (AvgIpc) is 2.30. The van der Waals surface area contributed by atoms with Gasteiger partial charge < -0.3 is 5.73 Å². The Morgan fingerprint density at radius 3 is 2.00 bits per heavy atom. The molecule has 102 valence electrons. The van der Waals surface area contributed by atoms with E-state index in [0.29, 0.717) is 13.0 Å². The number of carbonyl (C=O) groups is 1. The monoisotopic (exact) mass is 249 g/mol. The minimum atomic E-state index is -0.209. The molecule has 0 atom stereocenters. The summed E-state index contributed by atoms with van der Waals surface area (Å²) in [7, 11) is 0. The third-order valence-electron chi connectivity index (χ3n) is 2.48. The molecule has 0 aromatic carbocycles. The first-order valence-corrected chi connectivity index (χ1v) is 6.15. The van der Waals surface area contributed by atoms with Gasteiger partial charge in [0.15, 0.2) is 0 Å². The van der Waals surface area contributed by atoms with Crippen LogP contribution >= 0.6 is 0 Å². The molecule has 0 rings (SSSR count). The Morgan fingerprint density at radius 2 is 1.47 bits per heavy atom. The topological polar surface area (TPSA) is 91.0 Å². The van der Waals surface area contributed by atoms with Gasteiger partial charge in [0.05, 0.1) is 6.61 Å². The van der Waals surface area contributed by atoms with Crippen LogP contribution in [0.4, 0.5) is 0 Å². The third-order valence-corrected chi connectivity index (χ3v) is 2.48. The zero-order valence-corrected chi connectivity index (χ0v) is 10.2. The molecule has 6 heteroatoms. The standard InChI is InChI=1S/C11H23NO5/c12-11(13)9-7-5-3-1-2-4-6-8-10-15-17-16-14/h14H,1-10H2,(H2,12,13). The second-order valence-electron chi connectivity index (χ2n) is 4.01. The third kappa shape index (κ3) is 15.3. The van der Waals surface area contributed by atoms with Crippen LogP contribution in [0.15, 0.2) is 0 Å². The number of amides is 1. The fourth-order valence-corrected chi connectivity index (χ4v) is 1.58. The first-order valence-electron chi connectivity index (χ1n) is 6.15. The number of carbonyl (C=O) groups excluding carboxylic acids is 1. The van der Waals surface area contributed by atoms with Crippen LogP contribution in [-0.2, 0) is 19.8 Å². The molecular formula is C11H23NO5. The van der Waals surface area contributed by atoms with Crippen molar-refractivity contribution in [3.8, 4) is 0 Å². The molecule has 0 bridgehead atoms. The zero-order chi connectivity index (χ0) is 12.8. The van der Waals surface area contributed by atoms with E-state index in [0.717, 1.165) is 38.5 Å². The molecule has 17 heavy (non-hydrogen) atoms. The highest BCUT2D eigenvalue weighted by atomic mass is 17.6. The molecule has 0 unspecified atom stereocenters. The van der Waals surface area contributed by atoms with Crippen molar-refractivity contribution in [3.63, 3.8) is 0 Å². The van der Waals surface area contributed by atoms with E-state index in [1.807, 2.05) is 0 Å². The van der Waals surface area contributed by atoms with Crippen molar-refractivity contribution in [3.05, 3.63) is 0 Å². The minimum absolute atomic E-state index is 0.209. The van der Waals surface area contributed by atoms with Crippen molar-refractivity contribution >= 4 is 5.91 Å². The van der Waals surface area contributed by atoms with E-state index in [4.69, 9.17) is 11.0 Å². The summed E-state index contributed by atoms with van der Waals surface area (Å²) in [6, 6.07) is 0. The van der Waals surface area contributed by atoms with Gasteiger partial charge in [0.2, 0.25) is 5.91 Å². The maximum absolute atomic E-state index is 10.5. The van der Waals surface area contributed by atoms with Crippen LogP contribution in [0, 0.1) is 0 Å². The molecule has 0 aliphatic rings. The summed E-state index contributed by atoms with van der Waals surface area (Å²) in [6.07, 6.45) is 9.12. The van der Waals surface area contributed by atoms with Gasteiger partial charge in [-0.2, -0.15) is 0 Å². The highest BCUT2D eigenvalue weighted by molar-refractivity contribution is 5.73. The molecule has 3 N–H and O–H groups in total. The van der Waals surface area contributed by atoms with Crippen molar-refractivity contribution < 1.29 is 25.0 Å². The van der Waals surface area contributed by atoms with Gasteiger partial charge in [0.25, 0.3) is 0 Å². The van der Waals surface area contributed by atoms with E-state index in [-0.39, 0.29) is 5.91 Å². The van der Waals surface area contributed by atoms with Crippen LogP contribution in [0.5, 0.6) is 0 Å². The predicted molar refractivity (Wildman–Crippen MR) is 61.5 cm³/mol.